The van der Waals surface area contributed by atoms with Crippen LogP contribution < -0.4 is 10.6 Å². The Morgan fingerprint density at radius 2 is 2.00 bits per heavy atom. The molecule has 0 bridgehead atoms. The van der Waals surface area contributed by atoms with Crippen molar-refractivity contribution in [2.24, 2.45) is 5.41 Å². The topological polar surface area (TPSA) is 84.2 Å². The van der Waals surface area contributed by atoms with Gasteiger partial charge in [-0.3, -0.25) is 9.59 Å². The maximum atomic E-state index is 12.4. The number of nitrogens with one attached hydrogen (secondary N) is 2. The molecule has 25 heavy (non-hydrogen) atoms. The number of hydrogen-bond acceptors (Lipinski definition) is 4. The molecule has 0 saturated heterocycles. The lowest BCUT2D eigenvalue weighted by Gasteiger charge is -2.14. The van der Waals surface area contributed by atoms with Crippen molar-refractivity contribution >= 4 is 40.8 Å². The van der Waals surface area contributed by atoms with Crippen LogP contribution >= 0.6 is 23.2 Å². The molecule has 132 valence electrons. The van der Waals surface area contributed by atoms with Crippen LogP contribution in [0.5, 0.6) is 0 Å². The van der Waals surface area contributed by atoms with Crippen molar-refractivity contribution in [3.05, 3.63) is 45.6 Å². The van der Waals surface area contributed by atoms with Crippen molar-refractivity contribution < 1.29 is 14.1 Å². The van der Waals surface area contributed by atoms with Crippen molar-refractivity contribution in [2.75, 3.05) is 11.9 Å². The van der Waals surface area contributed by atoms with E-state index in [1.54, 1.807) is 25.1 Å². The standard InChI is InChI=1S/C17H17Cl2N3O3/c1-10-8-14(22-25-10)21-16(24)17(5-6-17)15(23)20-7-4-11-2-3-12(18)9-13(11)19/h2-3,8-9H,4-7H2,1H3,(H,20,23)(H,21,22,24). The smallest absolute Gasteiger partial charge is 0.241 e. The summed E-state index contributed by atoms with van der Waals surface area (Å²) in [5.74, 6) is 0.261. The first-order valence-corrected chi connectivity index (χ1v) is 8.63. The number of rotatable bonds is 6. The fourth-order valence-corrected chi connectivity index (χ4v) is 3.05. The van der Waals surface area contributed by atoms with Crippen molar-refractivity contribution in [1.82, 2.24) is 10.5 Å². The largest absolute Gasteiger partial charge is 0.360 e. The fraction of sp³-hybridized carbons (Fsp3) is 0.353. The fourth-order valence-electron chi connectivity index (χ4n) is 2.55. The highest BCUT2D eigenvalue weighted by Gasteiger charge is 2.56. The summed E-state index contributed by atoms with van der Waals surface area (Å²) in [5, 5.41) is 10.3. The van der Waals surface area contributed by atoms with Gasteiger partial charge in [0.15, 0.2) is 5.82 Å². The normalized spacial score (nSPS) is 14.8. The molecule has 6 nitrogen and oxygen atoms in total. The van der Waals surface area contributed by atoms with Gasteiger partial charge < -0.3 is 15.2 Å². The van der Waals surface area contributed by atoms with Gasteiger partial charge in [-0.05, 0) is 43.9 Å². The lowest BCUT2D eigenvalue weighted by Crippen LogP contribution is -2.40. The third-order valence-electron chi connectivity index (χ3n) is 4.18. The van der Waals surface area contributed by atoms with E-state index in [0.29, 0.717) is 47.4 Å². The first kappa shape index (κ1) is 17.8. The van der Waals surface area contributed by atoms with E-state index in [4.69, 9.17) is 27.7 Å². The van der Waals surface area contributed by atoms with E-state index in [0.717, 1.165) is 5.56 Å². The van der Waals surface area contributed by atoms with Crippen molar-refractivity contribution in [1.29, 1.82) is 0 Å². The van der Waals surface area contributed by atoms with Crippen LogP contribution in [0.4, 0.5) is 5.82 Å². The molecule has 3 rings (SSSR count). The highest BCUT2D eigenvalue weighted by molar-refractivity contribution is 6.35. The highest BCUT2D eigenvalue weighted by atomic mass is 35.5. The number of carbonyl (C=O) groups is 2. The number of anilines is 1. The summed E-state index contributed by atoms with van der Waals surface area (Å²) < 4.78 is 4.91. The van der Waals surface area contributed by atoms with Crippen molar-refractivity contribution in [3.63, 3.8) is 0 Å². The van der Waals surface area contributed by atoms with Gasteiger partial charge in [-0.2, -0.15) is 0 Å². The Labute approximate surface area is 154 Å². The number of aryl methyl sites for hydroxylation is 1. The van der Waals surface area contributed by atoms with E-state index in [1.165, 1.54) is 0 Å². The molecule has 0 spiro atoms. The van der Waals surface area contributed by atoms with Crippen molar-refractivity contribution in [2.45, 2.75) is 26.2 Å². The predicted molar refractivity (Wildman–Crippen MR) is 94.7 cm³/mol. The Kier molecular flexibility index (Phi) is 5.01. The Hall–Kier alpha value is -2.05. The predicted octanol–water partition coefficient (Wildman–Crippen LogP) is 3.37. The first-order valence-electron chi connectivity index (χ1n) is 7.88. The lowest BCUT2D eigenvalue weighted by molar-refractivity contribution is -0.134. The van der Waals surface area contributed by atoms with E-state index >= 15 is 0 Å². The van der Waals surface area contributed by atoms with E-state index in [9.17, 15) is 9.59 Å². The van der Waals surface area contributed by atoms with E-state index < -0.39 is 5.41 Å². The molecule has 2 amide bonds. The van der Waals surface area contributed by atoms with Gasteiger partial charge in [0.25, 0.3) is 0 Å². The number of halogens is 2. The van der Waals surface area contributed by atoms with Gasteiger partial charge in [-0.25, -0.2) is 0 Å². The molecule has 0 radical (unpaired) electrons. The molecule has 1 aromatic carbocycles. The summed E-state index contributed by atoms with van der Waals surface area (Å²) in [6.07, 6.45) is 1.59. The molecule has 1 heterocycles. The molecule has 0 atom stereocenters. The molecule has 2 aromatic rings. The second-order valence-electron chi connectivity index (χ2n) is 6.10. The second kappa shape index (κ2) is 7.06. The second-order valence-corrected chi connectivity index (χ2v) is 6.94. The van der Waals surface area contributed by atoms with Gasteiger partial charge in [0.05, 0.1) is 0 Å². The maximum Gasteiger partial charge on any atom is 0.241 e. The number of carbonyl (C=O) groups excluding carboxylic acids is 2. The van der Waals surface area contributed by atoms with Gasteiger partial charge in [-0.15, -0.1) is 0 Å². The third-order valence-corrected chi connectivity index (χ3v) is 4.77. The van der Waals surface area contributed by atoms with Crippen LogP contribution in [0.3, 0.4) is 0 Å². The summed E-state index contributed by atoms with van der Waals surface area (Å²) in [4.78, 5) is 24.8. The molecule has 1 aliphatic carbocycles. The summed E-state index contributed by atoms with van der Waals surface area (Å²) in [6.45, 7) is 2.11. The molecule has 1 fully saturated rings. The highest BCUT2D eigenvalue weighted by Crippen LogP contribution is 2.46. The first-order chi connectivity index (χ1) is 11.9. The quantitative estimate of drug-likeness (QED) is 0.751. The Balaban J connectivity index is 1.54. The van der Waals surface area contributed by atoms with E-state index in [2.05, 4.69) is 15.8 Å². The van der Waals surface area contributed by atoms with E-state index in [-0.39, 0.29) is 11.8 Å². The summed E-state index contributed by atoms with van der Waals surface area (Å²) in [6, 6.07) is 6.84. The Bertz CT molecular complexity index is 815. The molecular weight excluding hydrogens is 365 g/mol. The van der Waals surface area contributed by atoms with Gasteiger partial charge in [-0.1, -0.05) is 34.4 Å². The third kappa shape index (κ3) is 3.96. The molecule has 1 aromatic heterocycles. The van der Waals surface area contributed by atoms with Crippen LogP contribution in [0.2, 0.25) is 10.0 Å². The minimum Gasteiger partial charge on any atom is -0.360 e. The zero-order valence-electron chi connectivity index (χ0n) is 13.6. The molecule has 1 aliphatic rings. The van der Waals surface area contributed by atoms with Crippen LogP contribution in [0.25, 0.3) is 0 Å². The van der Waals surface area contributed by atoms with Crippen LogP contribution in [0, 0.1) is 12.3 Å². The molecular formula is C17H17Cl2N3O3. The number of amides is 2. The minimum atomic E-state index is -1.02. The Morgan fingerprint density at radius 3 is 2.60 bits per heavy atom. The molecule has 0 aliphatic heterocycles. The van der Waals surface area contributed by atoms with E-state index in [1.807, 2.05) is 6.07 Å². The number of benzene rings is 1. The summed E-state index contributed by atoms with van der Waals surface area (Å²) in [7, 11) is 0. The average molecular weight is 382 g/mol. The summed E-state index contributed by atoms with van der Waals surface area (Å²) in [5.41, 5.74) is -0.129. The van der Waals surface area contributed by atoms with Crippen LogP contribution in [0.1, 0.15) is 24.2 Å². The average Bonchev–Trinajstić information content (AvgIpc) is 3.28. The molecule has 0 unspecified atom stereocenters. The summed E-state index contributed by atoms with van der Waals surface area (Å²) >= 11 is 12.0. The zero-order chi connectivity index (χ0) is 18.0. The molecule has 8 heteroatoms. The van der Waals surface area contributed by atoms with Crippen LogP contribution in [-0.4, -0.2) is 23.5 Å². The van der Waals surface area contributed by atoms with Crippen LogP contribution in [-0.2, 0) is 16.0 Å². The monoisotopic (exact) mass is 381 g/mol. The van der Waals surface area contributed by atoms with Gasteiger partial charge in [0, 0.05) is 22.7 Å². The zero-order valence-corrected chi connectivity index (χ0v) is 15.1. The molecule has 2 N–H and O–H groups in total. The van der Waals surface area contributed by atoms with Crippen LogP contribution in [0.15, 0.2) is 28.8 Å². The minimum absolute atomic E-state index is 0.282. The maximum absolute atomic E-state index is 12.4. The number of aromatic nitrogens is 1. The van der Waals surface area contributed by atoms with Gasteiger partial charge in [0.1, 0.15) is 11.2 Å². The lowest BCUT2D eigenvalue weighted by atomic mass is 10.0. The Morgan fingerprint density at radius 1 is 1.24 bits per heavy atom. The number of nitrogens with zero attached hydrogens (tertiary/aromatic N) is 1. The van der Waals surface area contributed by atoms with Gasteiger partial charge >= 0.3 is 0 Å². The van der Waals surface area contributed by atoms with Crippen molar-refractivity contribution in [3.8, 4) is 0 Å². The van der Waals surface area contributed by atoms with Gasteiger partial charge in [0.2, 0.25) is 11.8 Å². The SMILES string of the molecule is Cc1cc(NC(=O)C2(C(=O)NCCc3ccc(Cl)cc3Cl)CC2)no1. The number of hydrogen-bond donors (Lipinski definition) is 2. The molecule has 1 saturated carbocycles.